The van der Waals surface area contributed by atoms with Crippen molar-refractivity contribution >= 4 is 23.2 Å². The molecule has 1 unspecified atom stereocenters. The van der Waals surface area contributed by atoms with Gasteiger partial charge in [-0.15, -0.1) is 11.6 Å². The fourth-order valence-corrected chi connectivity index (χ4v) is 2.00. The van der Waals surface area contributed by atoms with E-state index in [4.69, 9.17) is 27.9 Å². The van der Waals surface area contributed by atoms with Crippen molar-refractivity contribution in [1.29, 1.82) is 0 Å². The number of halogens is 2. The van der Waals surface area contributed by atoms with Gasteiger partial charge in [0.05, 0.1) is 0 Å². The number of rotatable bonds is 6. The lowest BCUT2D eigenvalue weighted by atomic mass is 9.96. The van der Waals surface area contributed by atoms with E-state index >= 15 is 0 Å². The molecule has 0 amide bonds. The second-order valence-corrected chi connectivity index (χ2v) is 4.28. The van der Waals surface area contributed by atoms with Gasteiger partial charge in [-0.25, -0.2) is 0 Å². The zero-order valence-electron chi connectivity index (χ0n) is 8.88. The Labute approximate surface area is 101 Å². The van der Waals surface area contributed by atoms with Gasteiger partial charge in [-0.1, -0.05) is 23.7 Å². The minimum absolute atomic E-state index is 0.402. The molecule has 0 aliphatic rings. The summed E-state index contributed by atoms with van der Waals surface area (Å²) in [4.78, 5) is 0. The molecule has 0 aliphatic heterocycles. The van der Waals surface area contributed by atoms with E-state index < -0.39 is 0 Å². The quantitative estimate of drug-likeness (QED) is 0.543. The Bertz CT molecular complexity index is 271. The normalized spacial score (nSPS) is 12.7. The molecule has 1 aromatic rings. The Kier molecular flexibility index (Phi) is 6.07. The summed E-state index contributed by atoms with van der Waals surface area (Å²) < 4.78 is 5.03. The first-order chi connectivity index (χ1) is 7.27. The summed E-state index contributed by atoms with van der Waals surface area (Å²) >= 11 is 11.8. The summed E-state index contributed by atoms with van der Waals surface area (Å²) in [6.45, 7) is 0.793. The summed E-state index contributed by atoms with van der Waals surface area (Å²) in [7, 11) is 1.72. The third-order valence-electron chi connectivity index (χ3n) is 2.43. The van der Waals surface area contributed by atoms with Crippen LogP contribution in [-0.4, -0.2) is 19.6 Å². The van der Waals surface area contributed by atoms with Crippen molar-refractivity contribution in [2.45, 2.75) is 18.8 Å². The predicted molar refractivity (Wildman–Crippen MR) is 66.0 cm³/mol. The molecule has 84 valence electrons. The molecule has 0 N–H and O–H groups in total. The third-order valence-corrected chi connectivity index (χ3v) is 3.05. The van der Waals surface area contributed by atoms with Crippen LogP contribution in [0.3, 0.4) is 0 Å². The largest absolute Gasteiger partial charge is 0.385 e. The summed E-state index contributed by atoms with van der Waals surface area (Å²) in [5, 5.41) is 0.768. The Morgan fingerprint density at radius 3 is 2.47 bits per heavy atom. The summed E-state index contributed by atoms with van der Waals surface area (Å²) in [6.07, 6.45) is 2.09. The van der Waals surface area contributed by atoms with Crippen LogP contribution in [0.4, 0.5) is 0 Å². The lowest BCUT2D eigenvalue weighted by Crippen LogP contribution is -2.02. The highest BCUT2D eigenvalue weighted by atomic mass is 35.5. The number of hydrogen-bond donors (Lipinski definition) is 0. The highest BCUT2D eigenvalue weighted by Crippen LogP contribution is 2.24. The maximum absolute atomic E-state index is 5.95. The molecule has 0 aromatic heterocycles. The van der Waals surface area contributed by atoms with E-state index in [1.807, 2.05) is 24.3 Å². The van der Waals surface area contributed by atoms with Gasteiger partial charge < -0.3 is 4.74 Å². The Hall–Kier alpha value is -0.240. The molecule has 1 nitrogen and oxygen atoms in total. The lowest BCUT2D eigenvalue weighted by Gasteiger charge is -2.13. The molecular weight excluding hydrogens is 231 g/mol. The molecule has 15 heavy (non-hydrogen) atoms. The zero-order chi connectivity index (χ0) is 11.1. The van der Waals surface area contributed by atoms with Crippen molar-refractivity contribution in [3.63, 3.8) is 0 Å². The van der Waals surface area contributed by atoms with E-state index in [2.05, 4.69) is 0 Å². The van der Waals surface area contributed by atoms with Crippen molar-refractivity contribution < 1.29 is 4.74 Å². The van der Waals surface area contributed by atoms with Gasteiger partial charge in [-0.05, 0) is 36.5 Å². The van der Waals surface area contributed by atoms with E-state index in [1.165, 1.54) is 5.56 Å². The molecule has 0 fully saturated rings. The first-order valence-corrected chi connectivity index (χ1v) is 5.99. The van der Waals surface area contributed by atoms with Crippen LogP contribution >= 0.6 is 23.2 Å². The molecule has 0 radical (unpaired) electrons. The van der Waals surface area contributed by atoms with Gasteiger partial charge in [0.15, 0.2) is 0 Å². The van der Waals surface area contributed by atoms with Crippen LogP contribution in [0, 0.1) is 0 Å². The van der Waals surface area contributed by atoms with Crippen molar-refractivity contribution in [1.82, 2.24) is 0 Å². The summed E-state index contributed by atoms with van der Waals surface area (Å²) in [6, 6.07) is 7.91. The van der Waals surface area contributed by atoms with E-state index in [-0.39, 0.29) is 0 Å². The van der Waals surface area contributed by atoms with Crippen LogP contribution in [0.25, 0.3) is 0 Å². The van der Waals surface area contributed by atoms with Crippen LogP contribution in [0.15, 0.2) is 24.3 Å². The molecule has 0 saturated carbocycles. The van der Waals surface area contributed by atoms with E-state index in [9.17, 15) is 0 Å². The molecule has 0 bridgehead atoms. The molecule has 1 rings (SSSR count). The minimum Gasteiger partial charge on any atom is -0.385 e. The topological polar surface area (TPSA) is 9.23 Å². The SMILES string of the molecule is COCCCC(CCl)c1ccc(Cl)cc1. The Morgan fingerprint density at radius 1 is 1.27 bits per heavy atom. The highest BCUT2D eigenvalue weighted by Gasteiger charge is 2.09. The number of ether oxygens (including phenoxy) is 1. The molecule has 1 aromatic carbocycles. The van der Waals surface area contributed by atoms with Crippen LogP contribution < -0.4 is 0 Å². The van der Waals surface area contributed by atoms with Gasteiger partial charge in [0, 0.05) is 24.6 Å². The van der Waals surface area contributed by atoms with Gasteiger partial charge in [0.2, 0.25) is 0 Å². The summed E-state index contributed by atoms with van der Waals surface area (Å²) in [5.41, 5.74) is 1.26. The molecule has 0 aliphatic carbocycles. The molecule has 3 heteroatoms. The Balaban J connectivity index is 2.53. The van der Waals surface area contributed by atoms with Crippen LogP contribution in [0.5, 0.6) is 0 Å². The molecule has 1 atom stereocenters. The second kappa shape index (κ2) is 7.10. The monoisotopic (exact) mass is 246 g/mol. The fourth-order valence-electron chi connectivity index (χ4n) is 1.54. The average molecular weight is 247 g/mol. The fraction of sp³-hybridized carbons (Fsp3) is 0.500. The number of benzene rings is 1. The summed E-state index contributed by atoms with van der Waals surface area (Å²) in [5.74, 6) is 1.05. The maximum Gasteiger partial charge on any atom is 0.0462 e. The Morgan fingerprint density at radius 2 is 1.93 bits per heavy atom. The zero-order valence-corrected chi connectivity index (χ0v) is 10.4. The van der Waals surface area contributed by atoms with Gasteiger partial charge in [0.25, 0.3) is 0 Å². The minimum atomic E-state index is 0.402. The van der Waals surface area contributed by atoms with Crippen LogP contribution in [0.1, 0.15) is 24.3 Å². The first-order valence-electron chi connectivity index (χ1n) is 5.08. The molecular formula is C12H16Cl2O. The van der Waals surface area contributed by atoms with Crippen molar-refractivity contribution in [3.8, 4) is 0 Å². The van der Waals surface area contributed by atoms with Gasteiger partial charge in [-0.2, -0.15) is 0 Å². The predicted octanol–water partition coefficient (Wildman–Crippen LogP) is 4.09. The second-order valence-electron chi connectivity index (χ2n) is 3.54. The van der Waals surface area contributed by atoms with E-state index in [0.717, 1.165) is 24.5 Å². The lowest BCUT2D eigenvalue weighted by molar-refractivity contribution is 0.191. The van der Waals surface area contributed by atoms with Gasteiger partial charge in [-0.3, -0.25) is 0 Å². The molecule has 0 saturated heterocycles. The average Bonchev–Trinajstić information content (AvgIpc) is 2.26. The highest BCUT2D eigenvalue weighted by molar-refractivity contribution is 6.30. The molecule has 0 spiro atoms. The van der Waals surface area contributed by atoms with Gasteiger partial charge >= 0.3 is 0 Å². The standard InChI is InChI=1S/C12H16Cl2O/c1-15-8-2-3-11(9-13)10-4-6-12(14)7-5-10/h4-7,11H,2-3,8-9H2,1H3. The third kappa shape index (κ3) is 4.42. The van der Waals surface area contributed by atoms with Crippen molar-refractivity contribution in [2.24, 2.45) is 0 Å². The number of methoxy groups -OCH3 is 1. The number of alkyl halides is 1. The maximum atomic E-state index is 5.95. The molecule has 0 heterocycles. The van der Waals surface area contributed by atoms with Crippen LogP contribution in [0.2, 0.25) is 5.02 Å². The number of hydrogen-bond acceptors (Lipinski definition) is 1. The van der Waals surface area contributed by atoms with E-state index in [1.54, 1.807) is 7.11 Å². The van der Waals surface area contributed by atoms with Crippen LogP contribution in [-0.2, 0) is 4.74 Å². The smallest absolute Gasteiger partial charge is 0.0462 e. The first kappa shape index (κ1) is 12.8. The van der Waals surface area contributed by atoms with Crippen molar-refractivity contribution in [3.05, 3.63) is 34.9 Å². The van der Waals surface area contributed by atoms with Gasteiger partial charge in [0.1, 0.15) is 0 Å². The van der Waals surface area contributed by atoms with E-state index in [0.29, 0.717) is 11.8 Å². The van der Waals surface area contributed by atoms with Crippen molar-refractivity contribution in [2.75, 3.05) is 19.6 Å².